The minimum absolute atomic E-state index is 0.321. The smallest absolute Gasteiger partial charge is 0.198 e. The molecule has 4 rings (SSSR count). The molecule has 5 heteroatoms. The van der Waals surface area contributed by atoms with Crippen LogP contribution in [-0.4, -0.2) is 20.5 Å². The van der Waals surface area contributed by atoms with Gasteiger partial charge in [-0.25, -0.2) is 9.67 Å². The largest absolute Gasteiger partial charge is 0.381 e. The van der Waals surface area contributed by atoms with Gasteiger partial charge in [-0.2, -0.15) is 5.10 Å². The zero-order chi connectivity index (χ0) is 14.4. The summed E-state index contributed by atoms with van der Waals surface area (Å²) in [5, 5.41) is 8.56. The molecule has 0 bridgehead atoms. The maximum Gasteiger partial charge on any atom is 0.198 e. The fourth-order valence-corrected chi connectivity index (χ4v) is 3.46. The molecule has 1 aromatic carbocycles. The molecule has 2 heterocycles. The first-order valence-corrected chi connectivity index (χ1v) is 7.34. The topological polar surface area (TPSA) is 52.3 Å². The summed E-state index contributed by atoms with van der Waals surface area (Å²) in [7, 11) is 0. The highest BCUT2D eigenvalue weighted by molar-refractivity contribution is 5.83. The Morgan fingerprint density at radius 1 is 1.24 bits per heavy atom. The fourth-order valence-electron chi connectivity index (χ4n) is 3.46. The van der Waals surface area contributed by atoms with Crippen molar-refractivity contribution in [2.75, 3.05) is 0 Å². The van der Waals surface area contributed by atoms with E-state index in [0.717, 1.165) is 30.8 Å². The Hall–Kier alpha value is -2.17. The first-order chi connectivity index (χ1) is 10.2. The van der Waals surface area contributed by atoms with Gasteiger partial charge in [-0.05, 0) is 37.8 Å². The van der Waals surface area contributed by atoms with E-state index >= 15 is 0 Å². The van der Waals surface area contributed by atoms with Gasteiger partial charge in [0, 0.05) is 6.42 Å². The number of rotatable bonds is 2. The quantitative estimate of drug-likeness (QED) is 0.851. The standard InChI is InChI=1S/C16H18N4O/c1-11-9-16(2,21-19-11)15-17-10-18-20(15)14-7-12-5-3-4-6-13(12)8-14/h3-6,10,14H,7-9H2,1-2H3. The van der Waals surface area contributed by atoms with Gasteiger partial charge in [-0.15, -0.1) is 0 Å². The monoisotopic (exact) mass is 282 g/mol. The Bertz CT molecular complexity index is 696. The van der Waals surface area contributed by atoms with E-state index in [4.69, 9.17) is 4.84 Å². The highest BCUT2D eigenvalue weighted by Gasteiger charge is 2.41. The number of benzene rings is 1. The fraction of sp³-hybridized carbons (Fsp3) is 0.438. The second-order valence-corrected chi connectivity index (χ2v) is 6.18. The van der Waals surface area contributed by atoms with Crippen LogP contribution in [0.2, 0.25) is 0 Å². The van der Waals surface area contributed by atoms with Crippen LogP contribution in [0, 0.1) is 0 Å². The van der Waals surface area contributed by atoms with E-state index in [1.807, 2.05) is 18.5 Å². The summed E-state index contributed by atoms with van der Waals surface area (Å²) in [5.74, 6) is 0.876. The maximum atomic E-state index is 5.64. The summed E-state index contributed by atoms with van der Waals surface area (Å²) in [6.07, 6.45) is 4.40. The van der Waals surface area contributed by atoms with Gasteiger partial charge in [0.2, 0.25) is 0 Å². The molecule has 1 unspecified atom stereocenters. The highest BCUT2D eigenvalue weighted by Crippen LogP contribution is 2.37. The molecular weight excluding hydrogens is 264 g/mol. The Kier molecular flexibility index (Phi) is 2.64. The van der Waals surface area contributed by atoms with Crippen LogP contribution in [0.1, 0.15) is 43.3 Å². The maximum absolute atomic E-state index is 5.64. The van der Waals surface area contributed by atoms with E-state index in [1.165, 1.54) is 11.1 Å². The molecule has 1 aromatic heterocycles. The van der Waals surface area contributed by atoms with E-state index in [9.17, 15) is 0 Å². The zero-order valence-electron chi connectivity index (χ0n) is 12.3. The molecular formula is C16H18N4O. The van der Waals surface area contributed by atoms with Crippen molar-refractivity contribution < 1.29 is 4.84 Å². The van der Waals surface area contributed by atoms with Crippen molar-refractivity contribution in [1.29, 1.82) is 0 Å². The lowest BCUT2D eigenvalue weighted by Crippen LogP contribution is -2.29. The molecule has 0 fully saturated rings. The number of nitrogens with zero attached hydrogens (tertiary/aromatic N) is 4. The summed E-state index contributed by atoms with van der Waals surface area (Å²) >= 11 is 0. The van der Waals surface area contributed by atoms with E-state index < -0.39 is 5.60 Å². The second-order valence-electron chi connectivity index (χ2n) is 6.18. The van der Waals surface area contributed by atoms with Crippen molar-refractivity contribution in [2.24, 2.45) is 5.16 Å². The van der Waals surface area contributed by atoms with Crippen molar-refractivity contribution in [3.05, 3.63) is 47.5 Å². The normalized spacial score (nSPS) is 24.8. The van der Waals surface area contributed by atoms with Crippen LogP contribution in [0.25, 0.3) is 0 Å². The van der Waals surface area contributed by atoms with Crippen molar-refractivity contribution in [1.82, 2.24) is 14.8 Å². The van der Waals surface area contributed by atoms with Crippen LogP contribution in [-0.2, 0) is 23.3 Å². The number of aromatic nitrogens is 3. The molecule has 0 amide bonds. The number of oxime groups is 1. The van der Waals surface area contributed by atoms with Gasteiger partial charge in [-0.1, -0.05) is 29.4 Å². The van der Waals surface area contributed by atoms with Gasteiger partial charge < -0.3 is 4.84 Å². The minimum Gasteiger partial charge on any atom is -0.381 e. The Morgan fingerprint density at radius 3 is 2.57 bits per heavy atom. The van der Waals surface area contributed by atoms with Crippen molar-refractivity contribution >= 4 is 5.71 Å². The van der Waals surface area contributed by atoms with E-state index in [0.29, 0.717) is 6.04 Å². The average Bonchev–Trinajstić information content (AvgIpc) is 3.16. The van der Waals surface area contributed by atoms with Crippen molar-refractivity contribution in [3.8, 4) is 0 Å². The Labute approximate surface area is 123 Å². The molecule has 108 valence electrons. The molecule has 2 aromatic rings. The van der Waals surface area contributed by atoms with Gasteiger partial charge >= 0.3 is 0 Å². The minimum atomic E-state index is -0.491. The molecule has 1 aliphatic carbocycles. The first kappa shape index (κ1) is 12.6. The van der Waals surface area contributed by atoms with E-state index in [1.54, 1.807) is 6.33 Å². The molecule has 21 heavy (non-hydrogen) atoms. The zero-order valence-corrected chi connectivity index (χ0v) is 12.3. The van der Waals surface area contributed by atoms with Crippen LogP contribution < -0.4 is 0 Å². The van der Waals surface area contributed by atoms with E-state index in [-0.39, 0.29) is 0 Å². The van der Waals surface area contributed by atoms with Crippen LogP contribution >= 0.6 is 0 Å². The predicted molar refractivity (Wildman–Crippen MR) is 79.1 cm³/mol. The number of hydrogen-bond donors (Lipinski definition) is 0. The molecule has 1 atom stereocenters. The Balaban J connectivity index is 1.66. The predicted octanol–water partition coefficient (Wildman–Crippen LogP) is 2.63. The molecule has 0 spiro atoms. The van der Waals surface area contributed by atoms with Crippen LogP contribution in [0.5, 0.6) is 0 Å². The lowest BCUT2D eigenvalue weighted by atomic mass is 9.99. The molecule has 0 N–H and O–H groups in total. The molecule has 1 aliphatic heterocycles. The van der Waals surface area contributed by atoms with Crippen LogP contribution in [0.3, 0.4) is 0 Å². The van der Waals surface area contributed by atoms with Crippen LogP contribution in [0.4, 0.5) is 0 Å². The second kappa shape index (κ2) is 4.41. The molecule has 0 saturated carbocycles. The van der Waals surface area contributed by atoms with Crippen molar-refractivity contribution in [3.63, 3.8) is 0 Å². The van der Waals surface area contributed by atoms with E-state index in [2.05, 4.69) is 39.5 Å². The summed E-state index contributed by atoms with van der Waals surface area (Å²) < 4.78 is 2.04. The summed E-state index contributed by atoms with van der Waals surface area (Å²) in [6, 6.07) is 8.92. The molecule has 2 aliphatic rings. The van der Waals surface area contributed by atoms with Gasteiger partial charge in [-0.3, -0.25) is 0 Å². The number of hydrogen-bond acceptors (Lipinski definition) is 4. The summed E-state index contributed by atoms with van der Waals surface area (Å²) in [4.78, 5) is 10.1. The molecule has 0 saturated heterocycles. The third-order valence-electron chi connectivity index (χ3n) is 4.42. The summed E-state index contributed by atoms with van der Waals surface area (Å²) in [5.41, 5.74) is 3.33. The van der Waals surface area contributed by atoms with Gasteiger partial charge in [0.1, 0.15) is 6.33 Å². The van der Waals surface area contributed by atoms with Crippen molar-refractivity contribution in [2.45, 2.75) is 44.8 Å². The SMILES string of the molecule is CC1=NOC(C)(c2ncnn2C2Cc3ccccc3C2)C1. The molecule has 0 radical (unpaired) electrons. The average molecular weight is 282 g/mol. The molecule has 5 nitrogen and oxygen atoms in total. The van der Waals surface area contributed by atoms with Gasteiger partial charge in [0.15, 0.2) is 11.4 Å². The van der Waals surface area contributed by atoms with Gasteiger partial charge in [0.25, 0.3) is 0 Å². The summed E-state index contributed by atoms with van der Waals surface area (Å²) in [6.45, 7) is 4.02. The first-order valence-electron chi connectivity index (χ1n) is 7.34. The van der Waals surface area contributed by atoms with Gasteiger partial charge in [0.05, 0.1) is 11.8 Å². The Morgan fingerprint density at radius 2 is 1.95 bits per heavy atom. The van der Waals surface area contributed by atoms with Crippen LogP contribution in [0.15, 0.2) is 35.7 Å². The third kappa shape index (κ3) is 1.95. The lowest BCUT2D eigenvalue weighted by Gasteiger charge is -2.23. The highest BCUT2D eigenvalue weighted by atomic mass is 16.7. The number of fused-ring (bicyclic) bond motifs is 1. The lowest BCUT2D eigenvalue weighted by molar-refractivity contribution is -0.0188. The third-order valence-corrected chi connectivity index (χ3v) is 4.42.